The number of nitrogens with zero attached hydrogens (tertiary/aromatic N) is 3. The van der Waals surface area contributed by atoms with Crippen LogP contribution in [0.4, 0.5) is 0 Å². The van der Waals surface area contributed by atoms with E-state index in [-0.39, 0.29) is 5.28 Å². The monoisotopic (exact) mass is 318 g/mol. The maximum atomic E-state index is 9.19. The highest BCUT2D eigenvalue weighted by molar-refractivity contribution is 6.37. The molecule has 0 aliphatic carbocycles. The quantitative estimate of drug-likeness (QED) is 0.729. The van der Waals surface area contributed by atoms with Gasteiger partial charge in [-0.1, -0.05) is 11.6 Å². The zero-order valence-electron chi connectivity index (χ0n) is 10.8. The molecule has 0 fully saturated rings. The summed E-state index contributed by atoms with van der Waals surface area (Å²) in [7, 11) is 1.55. The van der Waals surface area contributed by atoms with Crippen LogP contribution < -0.4 is 4.74 Å². The minimum absolute atomic E-state index is 0.0814. The average molecular weight is 319 g/mol. The third-order valence-corrected chi connectivity index (χ3v) is 3.67. The zero-order chi connectivity index (χ0) is 15.0. The highest BCUT2D eigenvalue weighted by Gasteiger charge is 2.16. The molecule has 2 aromatic heterocycles. The van der Waals surface area contributed by atoms with Gasteiger partial charge in [0.15, 0.2) is 0 Å². The molecule has 21 heavy (non-hydrogen) atoms. The molecule has 0 saturated heterocycles. The molecule has 1 N–H and O–H groups in total. The number of benzene rings is 1. The van der Waals surface area contributed by atoms with E-state index in [9.17, 15) is 5.26 Å². The number of aromatic nitrogens is 3. The van der Waals surface area contributed by atoms with Gasteiger partial charge in [0, 0.05) is 17.1 Å². The van der Waals surface area contributed by atoms with Crippen LogP contribution >= 0.6 is 23.2 Å². The molecule has 3 rings (SSSR count). The zero-order valence-corrected chi connectivity index (χ0v) is 12.3. The molecular formula is C14H8Cl2N4O. The first-order valence-corrected chi connectivity index (χ1v) is 6.68. The van der Waals surface area contributed by atoms with Crippen LogP contribution in [0, 0.1) is 11.3 Å². The Labute approximate surface area is 130 Å². The lowest BCUT2D eigenvalue weighted by Gasteiger charge is -2.05. The first-order chi connectivity index (χ1) is 10.2. The maximum Gasteiger partial charge on any atom is 0.222 e. The van der Waals surface area contributed by atoms with Crippen LogP contribution in [0.5, 0.6) is 5.75 Å². The van der Waals surface area contributed by atoms with Gasteiger partial charge in [0.25, 0.3) is 0 Å². The Morgan fingerprint density at radius 2 is 2.14 bits per heavy atom. The molecule has 0 aliphatic heterocycles. The standard InChI is InChI=1S/C14H8Cl2N4O/c1-21-10-3-2-8-9(6-18-13(8)11(10)15)12-7(4-17)5-19-14(16)20-12/h2-3,5-6,18H,1H3. The number of methoxy groups -OCH3 is 1. The van der Waals surface area contributed by atoms with Gasteiger partial charge in [0.05, 0.1) is 30.1 Å². The minimum atomic E-state index is 0.0814. The fraction of sp³-hybridized carbons (Fsp3) is 0.0714. The van der Waals surface area contributed by atoms with Crippen molar-refractivity contribution >= 4 is 34.1 Å². The van der Waals surface area contributed by atoms with Crippen LogP contribution in [-0.2, 0) is 0 Å². The van der Waals surface area contributed by atoms with Gasteiger partial charge in [-0.05, 0) is 23.7 Å². The van der Waals surface area contributed by atoms with Crippen molar-refractivity contribution in [3.05, 3.63) is 40.4 Å². The number of ether oxygens (including phenoxy) is 1. The van der Waals surface area contributed by atoms with Crippen LogP contribution in [0.15, 0.2) is 24.5 Å². The predicted octanol–water partition coefficient (Wildman–Crippen LogP) is 3.81. The molecule has 0 spiro atoms. The summed E-state index contributed by atoms with van der Waals surface area (Å²) in [5, 5.41) is 10.6. The molecule has 0 amide bonds. The van der Waals surface area contributed by atoms with Gasteiger partial charge < -0.3 is 9.72 Å². The number of H-pyrrole nitrogens is 1. The number of halogens is 2. The van der Waals surface area contributed by atoms with Gasteiger partial charge in [-0.25, -0.2) is 9.97 Å². The second kappa shape index (κ2) is 5.24. The molecule has 5 nitrogen and oxygen atoms in total. The maximum absolute atomic E-state index is 9.19. The Balaban J connectivity index is 2.30. The summed E-state index contributed by atoms with van der Waals surface area (Å²) < 4.78 is 5.18. The van der Waals surface area contributed by atoms with Gasteiger partial charge in [-0.15, -0.1) is 0 Å². The molecule has 0 aliphatic rings. The van der Waals surface area contributed by atoms with Gasteiger partial charge in [-0.2, -0.15) is 5.26 Å². The Morgan fingerprint density at radius 3 is 2.86 bits per heavy atom. The van der Waals surface area contributed by atoms with Crippen LogP contribution in [-0.4, -0.2) is 22.1 Å². The Hall–Kier alpha value is -2.29. The second-order valence-electron chi connectivity index (χ2n) is 4.22. The summed E-state index contributed by atoms with van der Waals surface area (Å²) in [6, 6.07) is 5.67. The number of aromatic amines is 1. The van der Waals surface area contributed by atoms with Crippen molar-refractivity contribution in [1.29, 1.82) is 5.26 Å². The van der Waals surface area contributed by atoms with Crippen LogP contribution in [0.25, 0.3) is 22.2 Å². The van der Waals surface area contributed by atoms with E-state index in [1.165, 1.54) is 6.20 Å². The molecule has 1 aromatic carbocycles. The van der Waals surface area contributed by atoms with E-state index in [1.807, 2.05) is 6.07 Å². The van der Waals surface area contributed by atoms with Gasteiger partial charge in [0.1, 0.15) is 16.8 Å². The van der Waals surface area contributed by atoms with Crippen molar-refractivity contribution < 1.29 is 4.74 Å². The van der Waals surface area contributed by atoms with Crippen molar-refractivity contribution in [3.8, 4) is 23.1 Å². The highest BCUT2D eigenvalue weighted by atomic mass is 35.5. The SMILES string of the molecule is COc1ccc2c(-c3nc(Cl)ncc3C#N)c[nH]c2c1Cl. The molecule has 7 heteroatoms. The van der Waals surface area contributed by atoms with E-state index in [1.54, 1.807) is 19.4 Å². The summed E-state index contributed by atoms with van der Waals surface area (Å²) in [4.78, 5) is 11.0. The molecule has 0 bridgehead atoms. The van der Waals surface area contributed by atoms with Crippen molar-refractivity contribution in [1.82, 2.24) is 15.0 Å². The van der Waals surface area contributed by atoms with Crippen LogP contribution in [0.3, 0.4) is 0 Å². The van der Waals surface area contributed by atoms with Crippen molar-refractivity contribution in [3.63, 3.8) is 0 Å². The largest absolute Gasteiger partial charge is 0.495 e. The fourth-order valence-corrected chi connectivity index (χ4v) is 2.58. The lowest BCUT2D eigenvalue weighted by molar-refractivity contribution is 0.415. The smallest absolute Gasteiger partial charge is 0.222 e. The topological polar surface area (TPSA) is 74.6 Å². The summed E-state index contributed by atoms with van der Waals surface area (Å²) in [6.07, 6.45) is 3.13. The number of fused-ring (bicyclic) bond motifs is 1. The van der Waals surface area contributed by atoms with E-state index >= 15 is 0 Å². The molecule has 0 unspecified atom stereocenters. The Kier molecular flexibility index (Phi) is 3.42. The molecule has 2 heterocycles. The number of hydrogen-bond donors (Lipinski definition) is 1. The summed E-state index contributed by atoms with van der Waals surface area (Å²) >= 11 is 12.1. The Bertz CT molecular complexity index is 883. The molecule has 0 radical (unpaired) electrons. The van der Waals surface area contributed by atoms with E-state index in [0.29, 0.717) is 27.5 Å². The van der Waals surface area contributed by atoms with Gasteiger partial charge in [-0.3, -0.25) is 0 Å². The van der Waals surface area contributed by atoms with Gasteiger partial charge >= 0.3 is 0 Å². The number of nitrogens with one attached hydrogen (secondary N) is 1. The number of hydrogen-bond acceptors (Lipinski definition) is 4. The highest BCUT2D eigenvalue weighted by Crippen LogP contribution is 2.37. The predicted molar refractivity (Wildman–Crippen MR) is 80.6 cm³/mol. The minimum Gasteiger partial charge on any atom is -0.495 e. The van der Waals surface area contributed by atoms with E-state index in [0.717, 1.165) is 10.9 Å². The van der Waals surface area contributed by atoms with E-state index in [2.05, 4.69) is 21.0 Å². The summed E-state index contributed by atoms with van der Waals surface area (Å²) in [5.74, 6) is 0.568. The Morgan fingerprint density at radius 1 is 1.33 bits per heavy atom. The molecular weight excluding hydrogens is 311 g/mol. The van der Waals surface area contributed by atoms with Crippen LogP contribution in [0.1, 0.15) is 5.56 Å². The van der Waals surface area contributed by atoms with Crippen LogP contribution in [0.2, 0.25) is 10.3 Å². The molecule has 0 saturated carbocycles. The van der Waals surface area contributed by atoms with E-state index in [4.69, 9.17) is 27.9 Å². The molecule has 0 atom stereocenters. The van der Waals surface area contributed by atoms with E-state index < -0.39 is 0 Å². The average Bonchev–Trinajstić information content (AvgIpc) is 2.92. The third kappa shape index (κ3) is 2.19. The summed E-state index contributed by atoms with van der Waals surface area (Å²) in [6.45, 7) is 0. The van der Waals surface area contributed by atoms with Gasteiger partial charge in [0.2, 0.25) is 5.28 Å². The molecule has 3 aromatic rings. The third-order valence-electron chi connectivity index (χ3n) is 3.11. The fourth-order valence-electron chi connectivity index (χ4n) is 2.15. The van der Waals surface area contributed by atoms with Crippen molar-refractivity contribution in [2.45, 2.75) is 0 Å². The first-order valence-electron chi connectivity index (χ1n) is 5.92. The first kappa shape index (κ1) is 13.7. The normalized spacial score (nSPS) is 10.6. The number of rotatable bonds is 2. The van der Waals surface area contributed by atoms with Crippen molar-refractivity contribution in [2.75, 3.05) is 7.11 Å². The molecule has 104 valence electrons. The van der Waals surface area contributed by atoms with Crippen molar-refractivity contribution in [2.24, 2.45) is 0 Å². The second-order valence-corrected chi connectivity index (χ2v) is 4.94. The lowest BCUT2D eigenvalue weighted by Crippen LogP contribution is -1.92. The lowest BCUT2D eigenvalue weighted by atomic mass is 10.1. The number of nitriles is 1. The summed E-state index contributed by atoms with van der Waals surface area (Å²) in [5.41, 5.74) is 2.25.